The van der Waals surface area contributed by atoms with Crippen molar-refractivity contribution < 1.29 is 8.94 Å². The van der Waals surface area contributed by atoms with Crippen molar-refractivity contribution in [2.24, 2.45) is 0 Å². The highest BCUT2D eigenvalue weighted by molar-refractivity contribution is 5.44. The average Bonchev–Trinajstić information content (AvgIpc) is 3.18. The summed E-state index contributed by atoms with van der Waals surface area (Å²) in [6, 6.07) is 5.73. The molecule has 0 aliphatic carbocycles. The summed E-state index contributed by atoms with van der Waals surface area (Å²) in [5.74, 6) is 1.60. The zero-order valence-electron chi connectivity index (χ0n) is 11.1. The summed E-state index contributed by atoms with van der Waals surface area (Å²) in [6.07, 6.45) is 5.27. The van der Waals surface area contributed by atoms with E-state index in [1.54, 1.807) is 24.6 Å². The van der Waals surface area contributed by atoms with Gasteiger partial charge in [-0.2, -0.15) is 10.1 Å². The van der Waals surface area contributed by atoms with Crippen LogP contribution in [-0.4, -0.2) is 26.0 Å². The standard InChI is InChI=1S/C13H15N5O2/c1-10(9-18-6-3-5-15-18)14-8-12-16-13(17-20-12)11-4-2-7-19-11/h2-7,10,14H,8-9H2,1H3/t10-/m1/s1. The first-order chi connectivity index (χ1) is 9.81. The normalized spacial score (nSPS) is 12.7. The van der Waals surface area contributed by atoms with Crippen molar-refractivity contribution in [3.63, 3.8) is 0 Å². The smallest absolute Gasteiger partial charge is 0.241 e. The molecular weight excluding hydrogens is 258 g/mol. The minimum Gasteiger partial charge on any atom is -0.461 e. The van der Waals surface area contributed by atoms with Gasteiger partial charge < -0.3 is 14.3 Å². The van der Waals surface area contributed by atoms with Crippen molar-refractivity contribution in [2.75, 3.05) is 0 Å². The maximum atomic E-state index is 5.21. The highest BCUT2D eigenvalue weighted by Gasteiger charge is 2.11. The summed E-state index contributed by atoms with van der Waals surface area (Å²) in [6.45, 7) is 3.37. The Morgan fingerprint density at radius 1 is 1.40 bits per heavy atom. The summed E-state index contributed by atoms with van der Waals surface area (Å²) in [7, 11) is 0. The molecule has 7 heteroatoms. The number of nitrogens with one attached hydrogen (secondary N) is 1. The molecule has 7 nitrogen and oxygen atoms in total. The Morgan fingerprint density at radius 3 is 3.10 bits per heavy atom. The van der Waals surface area contributed by atoms with Crippen molar-refractivity contribution in [2.45, 2.75) is 26.1 Å². The van der Waals surface area contributed by atoms with Crippen molar-refractivity contribution >= 4 is 0 Å². The Kier molecular flexibility index (Phi) is 3.60. The number of furan rings is 1. The quantitative estimate of drug-likeness (QED) is 0.736. The second kappa shape index (κ2) is 5.70. The van der Waals surface area contributed by atoms with Crippen LogP contribution >= 0.6 is 0 Å². The third kappa shape index (κ3) is 2.94. The minimum atomic E-state index is 0.244. The Labute approximate surface area is 115 Å². The van der Waals surface area contributed by atoms with Crippen molar-refractivity contribution in [3.05, 3.63) is 42.7 Å². The molecule has 1 N–H and O–H groups in total. The summed E-state index contributed by atoms with van der Waals surface area (Å²) in [5.41, 5.74) is 0. The van der Waals surface area contributed by atoms with Crippen molar-refractivity contribution in [3.8, 4) is 11.6 Å². The summed E-state index contributed by atoms with van der Waals surface area (Å²) in [5, 5.41) is 11.3. The minimum absolute atomic E-state index is 0.244. The first kappa shape index (κ1) is 12.6. The number of hydrogen-bond acceptors (Lipinski definition) is 6. The van der Waals surface area contributed by atoms with E-state index in [9.17, 15) is 0 Å². The number of nitrogens with zero attached hydrogens (tertiary/aromatic N) is 4. The van der Waals surface area contributed by atoms with E-state index in [1.807, 2.05) is 16.9 Å². The number of rotatable bonds is 6. The molecule has 0 aliphatic rings. The van der Waals surface area contributed by atoms with E-state index in [1.165, 1.54) is 0 Å². The molecule has 1 atom stereocenters. The van der Waals surface area contributed by atoms with Gasteiger partial charge in [-0.15, -0.1) is 0 Å². The van der Waals surface area contributed by atoms with E-state index in [0.29, 0.717) is 24.0 Å². The van der Waals surface area contributed by atoms with Crippen LogP contribution in [0.2, 0.25) is 0 Å². The van der Waals surface area contributed by atoms with Crippen LogP contribution in [0, 0.1) is 0 Å². The third-order valence-electron chi connectivity index (χ3n) is 2.83. The maximum absolute atomic E-state index is 5.21. The van der Waals surface area contributed by atoms with Crippen molar-refractivity contribution in [1.29, 1.82) is 0 Å². The van der Waals surface area contributed by atoms with Crippen LogP contribution in [0.4, 0.5) is 0 Å². The Bertz CT molecular complexity index is 630. The molecule has 0 fully saturated rings. The predicted molar refractivity (Wildman–Crippen MR) is 70.5 cm³/mol. The van der Waals surface area contributed by atoms with Gasteiger partial charge in [0.2, 0.25) is 11.7 Å². The molecule has 20 heavy (non-hydrogen) atoms. The van der Waals surface area contributed by atoms with Gasteiger partial charge in [0.25, 0.3) is 0 Å². The molecule has 3 rings (SSSR count). The monoisotopic (exact) mass is 273 g/mol. The lowest BCUT2D eigenvalue weighted by atomic mass is 10.3. The molecule has 0 radical (unpaired) electrons. The predicted octanol–water partition coefficient (Wildman–Crippen LogP) is 1.70. The largest absolute Gasteiger partial charge is 0.461 e. The SMILES string of the molecule is C[C@H](Cn1cccn1)NCc1nc(-c2ccco2)no1. The Hall–Kier alpha value is -2.41. The molecule has 0 bridgehead atoms. The van der Waals surface area contributed by atoms with Crippen LogP contribution in [0.5, 0.6) is 0 Å². The molecule has 0 saturated carbocycles. The second-order valence-corrected chi connectivity index (χ2v) is 4.50. The van der Waals surface area contributed by atoms with Gasteiger partial charge in [0.15, 0.2) is 5.76 Å². The molecular formula is C13H15N5O2. The Morgan fingerprint density at radius 2 is 2.35 bits per heavy atom. The maximum Gasteiger partial charge on any atom is 0.241 e. The van der Waals surface area contributed by atoms with Crippen LogP contribution in [0.1, 0.15) is 12.8 Å². The van der Waals surface area contributed by atoms with Gasteiger partial charge in [-0.05, 0) is 25.1 Å². The molecule has 3 aromatic heterocycles. The molecule has 0 aromatic carbocycles. The van der Waals surface area contributed by atoms with E-state index in [2.05, 4.69) is 27.5 Å². The van der Waals surface area contributed by atoms with Gasteiger partial charge >= 0.3 is 0 Å². The fourth-order valence-electron chi connectivity index (χ4n) is 1.85. The van der Waals surface area contributed by atoms with E-state index in [4.69, 9.17) is 8.94 Å². The van der Waals surface area contributed by atoms with E-state index in [0.717, 1.165) is 6.54 Å². The van der Waals surface area contributed by atoms with Crippen LogP contribution in [0.15, 0.2) is 45.8 Å². The molecule has 0 aliphatic heterocycles. The molecule has 0 unspecified atom stereocenters. The van der Waals surface area contributed by atoms with Crippen LogP contribution in [0.25, 0.3) is 11.6 Å². The summed E-state index contributed by atoms with van der Waals surface area (Å²) < 4.78 is 12.3. The Balaban J connectivity index is 1.53. The zero-order valence-corrected chi connectivity index (χ0v) is 11.1. The van der Waals surface area contributed by atoms with Gasteiger partial charge in [0.05, 0.1) is 19.4 Å². The van der Waals surface area contributed by atoms with Gasteiger partial charge in [-0.1, -0.05) is 5.16 Å². The van der Waals surface area contributed by atoms with Crippen LogP contribution < -0.4 is 5.32 Å². The lowest BCUT2D eigenvalue weighted by Crippen LogP contribution is -2.30. The average molecular weight is 273 g/mol. The van der Waals surface area contributed by atoms with Crippen LogP contribution in [-0.2, 0) is 13.1 Å². The summed E-state index contributed by atoms with van der Waals surface area (Å²) >= 11 is 0. The molecule has 3 aromatic rings. The lowest BCUT2D eigenvalue weighted by molar-refractivity contribution is 0.350. The summed E-state index contributed by atoms with van der Waals surface area (Å²) in [4.78, 5) is 4.27. The second-order valence-electron chi connectivity index (χ2n) is 4.50. The molecule has 3 heterocycles. The number of hydrogen-bond donors (Lipinski definition) is 1. The molecule has 104 valence electrons. The fraction of sp³-hybridized carbons (Fsp3) is 0.308. The van der Waals surface area contributed by atoms with E-state index < -0.39 is 0 Å². The number of aromatic nitrogens is 4. The topological polar surface area (TPSA) is 81.9 Å². The first-order valence-corrected chi connectivity index (χ1v) is 6.38. The van der Waals surface area contributed by atoms with Gasteiger partial charge in [0.1, 0.15) is 0 Å². The third-order valence-corrected chi connectivity index (χ3v) is 2.83. The molecule has 0 amide bonds. The fourth-order valence-corrected chi connectivity index (χ4v) is 1.85. The highest BCUT2D eigenvalue weighted by Crippen LogP contribution is 2.15. The highest BCUT2D eigenvalue weighted by atomic mass is 16.5. The van der Waals surface area contributed by atoms with Crippen molar-refractivity contribution in [1.82, 2.24) is 25.2 Å². The zero-order chi connectivity index (χ0) is 13.8. The molecule has 0 spiro atoms. The lowest BCUT2D eigenvalue weighted by Gasteiger charge is -2.11. The van der Waals surface area contributed by atoms with Gasteiger partial charge in [-0.3, -0.25) is 4.68 Å². The molecule has 0 saturated heterocycles. The van der Waals surface area contributed by atoms with Gasteiger partial charge in [0, 0.05) is 18.4 Å². The first-order valence-electron chi connectivity index (χ1n) is 6.38. The van der Waals surface area contributed by atoms with Crippen LogP contribution in [0.3, 0.4) is 0 Å². The van der Waals surface area contributed by atoms with E-state index in [-0.39, 0.29) is 6.04 Å². The van der Waals surface area contributed by atoms with Gasteiger partial charge in [-0.25, -0.2) is 0 Å². The van der Waals surface area contributed by atoms with E-state index >= 15 is 0 Å².